The van der Waals surface area contributed by atoms with Crippen LogP contribution in [-0.2, 0) is 21.4 Å². The summed E-state index contributed by atoms with van der Waals surface area (Å²) in [5, 5.41) is 8.84. The Labute approximate surface area is 99.1 Å². The van der Waals surface area contributed by atoms with Crippen molar-refractivity contribution in [2.75, 3.05) is 19.8 Å². The van der Waals surface area contributed by atoms with Gasteiger partial charge >= 0.3 is 0 Å². The maximum atomic E-state index is 11.7. The molecule has 7 heteroatoms. The molecule has 0 amide bonds. The molecular weight excluding hydrogens is 250 g/mol. The van der Waals surface area contributed by atoms with Crippen LogP contribution in [0.2, 0.25) is 0 Å². The van der Waals surface area contributed by atoms with Gasteiger partial charge < -0.3 is 9.84 Å². The van der Waals surface area contributed by atoms with Crippen molar-refractivity contribution in [1.82, 2.24) is 4.72 Å². The Morgan fingerprint density at radius 3 is 2.81 bits per heavy atom. The molecular formula is C9H15NO4S2. The minimum Gasteiger partial charge on any atom is -0.391 e. The molecule has 0 aliphatic heterocycles. The largest absolute Gasteiger partial charge is 0.391 e. The molecule has 1 aromatic rings. The quantitative estimate of drug-likeness (QED) is 0.706. The normalized spacial score (nSPS) is 11.9. The Balaban J connectivity index is 2.56. The Bertz CT molecular complexity index is 413. The number of rotatable bonds is 7. The second-order valence-corrected chi connectivity index (χ2v) is 6.14. The SMILES string of the molecule is CCOCCNS(=O)(=O)c1ccc(CO)s1. The fraction of sp³-hybridized carbons (Fsp3) is 0.556. The number of sulfonamides is 1. The average Bonchev–Trinajstić information content (AvgIpc) is 2.73. The van der Waals surface area contributed by atoms with Gasteiger partial charge in [-0.1, -0.05) is 0 Å². The fourth-order valence-electron chi connectivity index (χ4n) is 1.05. The highest BCUT2D eigenvalue weighted by atomic mass is 32.2. The maximum absolute atomic E-state index is 11.7. The van der Waals surface area contributed by atoms with Gasteiger partial charge in [-0.25, -0.2) is 13.1 Å². The predicted molar refractivity (Wildman–Crippen MR) is 61.9 cm³/mol. The number of aliphatic hydroxyl groups is 1. The smallest absolute Gasteiger partial charge is 0.250 e. The van der Waals surface area contributed by atoms with Crippen LogP contribution >= 0.6 is 11.3 Å². The van der Waals surface area contributed by atoms with Crippen molar-refractivity contribution in [3.63, 3.8) is 0 Å². The summed E-state index contributed by atoms with van der Waals surface area (Å²) in [4.78, 5) is 0.630. The van der Waals surface area contributed by atoms with Gasteiger partial charge in [0.25, 0.3) is 0 Å². The Morgan fingerprint density at radius 1 is 1.50 bits per heavy atom. The Kier molecular flexibility index (Phi) is 5.36. The van der Waals surface area contributed by atoms with Crippen LogP contribution in [0.15, 0.2) is 16.3 Å². The molecule has 0 saturated heterocycles. The molecule has 0 spiro atoms. The molecule has 0 aliphatic rings. The third-order valence-electron chi connectivity index (χ3n) is 1.80. The lowest BCUT2D eigenvalue weighted by atomic mass is 10.5. The summed E-state index contributed by atoms with van der Waals surface area (Å²) in [6.45, 7) is 2.88. The van der Waals surface area contributed by atoms with Crippen molar-refractivity contribution in [1.29, 1.82) is 0 Å². The molecule has 92 valence electrons. The molecule has 0 radical (unpaired) electrons. The second kappa shape index (κ2) is 6.31. The van der Waals surface area contributed by atoms with Gasteiger partial charge in [0.1, 0.15) is 4.21 Å². The van der Waals surface area contributed by atoms with Crippen LogP contribution in [0.3, 0.4) is 0 Å². The monoisotopic (exact) mass is 265 g/mol. The van der Waals surface area contributed by atoms with Crippen molar-refractivity contribution in [2.45, 2.75) is 17.7 Å². The highest BCUT2D eigenvalue weighted by molar-refractivity contribution is 7.91. The van der Waals surface area contributed by atoms with E-state index >= 15 is 0 Å². The molecule has 16 heavy (non-hydrogen) atoms. The summed E-state index contributed by atoms with van der Waals surface area (Å²) in [5.41, 5.74) is 0. The lowest BCUT2D eigenvalue weighted by Gasteiger charge is -2.04. The first-order valence-corrected chi connectivity index (χ1v) is 7.17. The first-order chi connectivity index (χ1) is 7.60. The first kappa shape index (κ1) is 13.6. The maximum Gasteiger partial charge on any atom is 0.250 e. The minimum atomic E-state index is -3.45. The van der Waals surface area contributed by atoms with Crippen molar-refractivity contribution >= 4 is 21.4 Å². The van der Waals surface area contributed by atoms with Crippen LogP contribution in [0.25, 0.3) is 0 Å². The molecule has 5 nitrogen and oxygen atoms in total. The van der Waals surface area contributed by atoms with E-state index in [0.717, 1.165) is 11.3 Å². The summed E-state index contributed by atoms with van der Waals surface area (Å²) in [7, 11) is -3.45. The van der Waals surface area contributed by atoms with Crippen molar-refractivity contribution in [3.8, 4) is 0 Å². The number of hydrogen-bond acceptors (Lipinski definition) is 5. The van der Waals surface area contributed by atoms with E-state index in [1.165, 1.54) is 6.07 Å². The summed E-state index contributed by atoms with van der Waals surface area (Å²) in [6.07, 6.45) is 0. The van der Waals surface area contributed by atoms with E-state index in [0.29, 0.717) is 18.1 Å². The van der Waals surface area contributed by atoms with Gasteiger partial charge in [-0.15, -0.1) is 11.3 Å². The van der Waals surface area contributed by atoms with E-state index in [9.17, 15) is 8.42 Å². The molecule has 2 N–H and O–H groups in total. The highest BCUT2D eigenvalue weighted by Crippen LogP contribution is 2.20. The third kappa shape index (κ3) is 3.84. The summed E-state index contributed by atoms with van der Waals surface area (Å²) in [5.74, 6) is 0. The van der Waals surface area contributed by atoms with E-state index in [1.54, 1.807) is 6.07 Å². The van der Waals surface area contributed by atoms with Crippen molar-refractivity contribution in [2.24, 2.45) is 0 Å². The molecule has 0 aromatic carbocycles. The van der Waals surface area contributed by atoms with Crippen LogP contribution in [0.1, 0.15) is 11.8 Å². The Hall–Kier alpha value is -0.470. The molecule has 0 fully saturated rings. The molecule has 0 bridgehead atoms. The van der Waals surface area contributed by atoms with E-state index in [1.807, 2.05) is 6.92 Å². The lowest BCUT2D eigenvalue weighted by Crippen LogP contribution is -2.26. The molecule has 0 aliphatic carbocycles. The minimum absolute atomic E-state index is 0.140. The number of aliphatic hydroxyl groups excluding tert-OH is 1. The lowest BCUT2D eigenvalue weighted by molar-refractivity contribution is 0.153. The van der Waals surface area contributed by atoms with Gasteiger partial charge in [0.15, 0.2) is 0 Å². The van der Waals surface area contributed by atoms with Gasteiger partial charge in [0.2, 0.25) is 10.0 Å². The molecule has 1 rings (SSSR count). The zero-order valence-corrected chi connectivity index (χ0v) is 10.6. The number of ether oxygens (including phenoxy) is 1. The van der Waals surface area contributed by atoms with E-state index in [2.05, 4.69) is 4.72 Å². The van der Waals surface area contributed by atoms with Crippen molar-refractivity contribution in [3.05, 3.63) is 17.0 Å². The molecule has 1 heterocycles. The predicted octanol–water partition coefficient (Wildman–Crippen LogP) is 0.555. The van der Waals surface area contributed by atoms with E-state index in [-0.39, 0.29) is 17.4 Å². The van der Waals surface area contributed by atoms with Crippen LogP contribution in [0.5, 0.6) is 0 Å². The Morgan fingerprint density at radius 2 is 2.25 bits per heavy atom. The molecule has 0 atom stereocenters. The number of nitrogens with one attached hydrogen (secondary N) is 1. The van der Waals surface area contributed by atoms with Crippen molar-refractivity contribution < 1.29 is 18.3 Å². The summed E-state index contributed by atoms with van der Waals surface area (Å²) >= 11 is 1.06. The van der Waals surface area contributed by atoms with Gasteiger partial charge in [-0.05, 0) is 19.1 Å². The zero-order chi connectivity index (χ0) is 12.0. The van der Waals surface area contributed by atoms with Crippen LogP contribution in [0, 0.1) is 0 Å². The first-order valence-electron chi connectivity index (χ1n) is 4.87. The average molecular weight is 265 g/mol. The molecule has 0 saturated carbocycles. The zero-order valence-electron chi connectivity index (χ0n) is 8.97. The second-order valence-electron chi connectivity index (χ2n) is 2.97. The molecule has 0 unspecified atom stereocenters. The summed E-state index contributed by atoms with van der Waals surface area (Å²) in [6, 6.07) is 3.08. The number of hydrogen-bond donors (Lipinski definition) is 2. The topological polar surface area (TPSA) is 75.6 Å². The summed E-state index contributed by atoms with van der Waals surface area (Å²) < 4.78 is 31.0. The van der Waals surface area contributed by atoms with Gasteiger partial charge in [0.05, 0.1) is 13.2 Å². The van der Waals surface area contributed by atoms with E-state index < -0.39 is 10.0 Å². The third-order valence-corrected chi connectivity index (χ3v) is 4.82. The van der Waals surface area contributed by atoms with Crippen LogP contribution in [-0.4, -0.2) is 33.3 Å². The molecule has 1 aromatic heterocycles. The fourth-order valence-corrected chi connectivity index (χ4v) is 3.32. The van der Waals surface area contributed by atoms with Gasteiger partial charge in [-0.2, -0.15) is 0 Å². The standard InChI is InChI=1S/C9H15NO4S2/c1-2-14-6-5-10-16(12,13)9-4-3-8(7-11)15-9/h3-4,10-11H,2,5-7H2,1H3. The van der Waals surface area contributed by atoms with E-state index in [4.69, 9.17) is 9.84 Å². The van der Waals surface area contributed by atoms with Crippen LogP contribution in [0.4, 0.5) is 0 Å². The van der Waals surface area contributed by atoms with Gasteiger partial charge in [-0.3, -0.25) is 0 Å². The van der Waals surface area contributed by atoms with Crippen LogP contribution < -0.4 is 4.72 Å². The highest BCUT2D eigenvalue weighted by Gasteiger charge is 2.15. The van der Waals surface area contributed by atoms with Gasteiger partial charge in [0, 0.05) is 18.0 Å². The number of thiophene rings is 1.